The van der Waals surface area contributed by atoms with E-state index in [1.54, 1.807) is 0 Å². The van der Waals surface area contributed by atoms with Crippen LogP contribution in [0.25, 0.3) is 10.8 Å². The SMILES string of the molecule is CC(C)(C)OC(=O)N1CC[C@@H](SC(c2ccccc2)(c2ccccc2)c2ccccc2)[C@@H]1CNCCc1cccc2ccccc12. The van der Waals surface area contributed by atoms with Gasteiger partial charge in [-0.25, -0.2) is 4.79 Å². The van der Waals surface area contributed by atoms with Crippen molar-refractivity contribution in [3.8, 4) is 0 Å². The highest BCUT2D eigenvalue weighted by Crippen LogP contribution is 2.52. The third kappa shape index (κ3) is 7.01. The van der Waals surface area contributed by atoms with E-state index >= 15 is 0 Å². The minimum atomic E-state index is -0.559. The van der Waals surface area contributed by atoms with E-state index in [2.05, 4.69) is 139 Å². The predicted molar refractivity (Wildman–Crippen MR) is 192 cm³/mol. The van der Waals surface area contributed by atoms with E-state index in [4.69, 9.17) is 4.74 Å². The van der Waals surface area contributed by atoms with Crippen LogP contribution in [0.3, 0.4) is 0 Å². The fourth-order valence-electron chi connectivity index (χ4n) is 6.68. The first-order valence-electron chi connectivity index (χ1n) is 16.4. The lowest BCUT2D eigenvalue weighted by molar-refractivity contribution is 0.0228. The number of carbonyl (C=O) groups is 1. The summed E-state index contributed by atoms with van der Waals surface area (Å²) in [6.45, 7) is 8.00. The number of hydrogen-bond donors (Lipinski definition) is 1. The van der Waals surface area contributed by atoms with Crippen molar-refractivity contribution in [1.82, 2.24) is 10.2 Å². The monoisotopic (exact) mass is 628 g/mol. The molecule has 0 bridgehead atoms. The average molecular weight is 629 g/mol. The van der Waals surface area contributed by atoms with Crippen molar-refractivity contribution in [2.45, 2.75) is 55.3 Å². The van der Waals surface area contributed by atoms with Gasteiger partial charge in [-0.3, -0.25) is 0 Å². The largest absolute Gasteiger partial charge is 0.444 e. The molecule has 0 aliphatic carbocycles. The highest BCUT2D eigenvalue weighted by molar-refractivity contribution is 8.01. The van der Waals surface area contributed by atoms with Crippen molar-refractivity contribution in [2.75, 3.05) is 19.6 Å². The first-order valence-corrected chi connectivity index (χ1v) is 17.2. The van der Waals surface area contributed by atoms with Crippen LogP contribution in [0.5, 0.6) is 0 Å². The van der Waals surface area contributed by atoms with E-state index in [9.17, 15) is 4.79 Å². The van der Waals surface area contributed by atoms with E-state index in [1.165, 1.54) is 33.0 Å². The molecule has 1 amide bonds. The first kappa shape index (κ1) is 31.9. The molecule has 5 aromatic carbocycles. The van der Waals surface area contributed by atoms with Crippen LogP contribution in [0.1, 0.15) is 49.4 Å². The van der Waals surface area contributed by atoms with E-state index in [0.717, 1.165) is 19.4 Å². The summed E-state index contributed by atoms with van der Waals surface area (Å²) in [5.41, 5.74) is 4.47. The molecule has 1 fully saturated rings. The first-order chi connectivity index (χ1) is 22.3. The Labute approximate surface area is 278 Å². The van der Waals surface area contributed by atoms with Gasteiger partial charge in [-0.15, -0.1) is 11.8 Å². The van der Waals surface area contributed by atoms with Gasteiger partial charge in [-0.2, -0.15) is 0 Å². The van der Waals surface area contributed by atoms with Gasteiger partial charge < -0.3 is 15.0 Å². The number of fused-ring (bicyclic) bond motifs is 1. The Morgan fingerprint density at radius 2 is 1.30 bits per heavy atom. The number of carbonyl (C=O) groups excluding carboxylic acids is 1. The summed E-state index contributed by atoms with van der Waals surface area (Å²) in [5, 5.41) is 6.49. The highest BCUT2D eigenvalue weighted by Gasteiger charge is 2.46. The molecular weight excluding hydrogens is 585 g/mol. The molecule has 0 spiro atoms. The van der Waals surface area contributed by atoms with Gasteiger partial charge in [0.15, 0.2) is 0 Å². The summed E-state index contributed by atoms with van der Waals surface area (Å²) in [6.07, 6.45) is 1.56. The molecule has 1 aliphatic heterocycles. The summed E-state index contributed by atoms with van der Waals surface area (Å²) < 4.78 is 5.50. The maximum atomic E-state index is 13.7. The Kier molecular flexibility index (Phi) is 9.81. The van der Waals surface area contributed by atoms with Crippen LogP contribution in [0, 0.1) is 0 Å². The number of nitrogens with zero attached hydrogens (tertiary/aromatic N) is 1. The minimum Gasteiger partial charge on any atom is -0.444 e. The zero-order valence-electron chi connectivity index (χ0n) is 27.1. The predicted octanol–water partition coefficient (Wildman–Crippen LogP) is 9.08. The molecule has 0 saturated carbocycles. The van der Waals surface area contributed by atoms with Gasteiger partial charge in [-0.1, -0.05) is 133 Å². The normalized spacial score (nSPS) is 16.9. The summed E-state index contributed by atoms with van der Waals surface area (Å²) in [7, 11) is 0. The van der Waals surface area contributed by atoms with Crippen molar-refractivity contribution in [3.63, 3.8) is 0 Å². The molecule has 1 saturated heterocycles. The summed E-state index contributed by atoms with van der Waals surface area (Å²) in [5.74, 6) is 0. The molecule has 236 valence electrons. The smallest absolute Gasteiger partial charge is 0.410 e. The zero-order chi connectivity index (χ0) is 32.0. The lowest BCUT2D eigenvalue weighted by Crippen LogP contribution is -2.48. The zero-order valence-corrected chi connectivity index (χ0v) is 27.9. The molecule has 0 radical (unpaired) electrons. The van der Waals surface area contributed by atoms with Crippen molar-refractivity contribution in [1.29, 1.82) is 0 Å². The van der Waals surface area contributed by atoms with Crippen LogP contribution < -0.4 is 5.32 Å². The van der Waals surface area contributed by atoms with Crippen LogP contribution in [0.15, 0.2) is 133 Å². The summed E-state index contributed by atoms with van der Waals surface area (Å²) in [6, 6.07) is 47.5. The number of benzene rings is 5. The Hall–Kier alpha value is -4.06. The van der Waals surface area contributed by atoms with Gasteiger partial charge in [0.2, 0.25) is 0 Å². The molecule has 1 N–H and O–H groups in total. The second-order valence-electron chi connectivity index (χ2n) is 13.1. The average Bonchev–Trinajstić information content (AvgIpc) is 3.48. The third-order valence-electron chi connectivity index (χ3n) is 8.79. The fraction of sp³-hybridized carbons (Fsp3) is 0.293. The van der Waals surface area contributed by atoms with E-state index < -0.39 is 10.3 Å². The minimum absolute atomic E-state index is 0.0390. The van der Waals surface area contributed by atoms with Gasteiger partial charge in [-0.05, 0) is 73.2 Å². The number of rotatable bonds is 10. The molecule has 6 rings (SSSR count). The van der Waals surface area contributed by atoms with Crippen LogP contribution in [0.4, 0.5) is 4.79 Å². The topological polar surface area (TPSA) is 41.6 Å². The molecule has 0 aromatic heterocycles. The van der Waals surface area contributed by atoms with Crippen molar-refractivity contribution in [2.24, 2.45) is 0 Å². The Morgan fingerprint density at radius 1 is 0.761 bits per heavy atom. The maximum Gasteiger partial charge on any atom is 0.410 e. The Bertz CT molecular complexity index is 1620. The molecule has 0 unspecified atom stereocenters. The molecule has 1 aliphatic rings. The number of thioether (sulfide) groups is 1. The van der Waals surface area contributed by atoms with E-state index in [0.29, 0.717) is 13.1 Å². The van der Waals surface area contributed by atoms with E-state index in [1.807, 2.05) is 37.4 Å². The van der Waals surface area contributed by atoms with Crippen LogP contribution in [-0.2, 0) is 15.9 Å². The van der Waals surface area contributed by atoms with Crippen LogP contribution >= 0.6 is 11.8 Å². The Balaban J connectivity index is 1.32. The van der Waals surface area contributed by atoms with Crippen molar-refractivity contribution in [3.05, 3.63) is 156 Å². The number of hydrogen-bond acceptors (Lipinski definition) is 4. The number of nitrogens with one attached hydrogen (secondary N) is 1. The van der Waals surface area contributed by atoms with Gasteiger partial charge in [0.25, 0.3) is 0 Å². The lowest BCUT2D eigenvalue weighted by atomic mass is 9.84. The molecule has 46 heavy (non-hydrogen) atoms. The maximum absolute atomic E-state index is 13.7. The third-order valence-corrected chi connectivity index (χ3v) is 10.7. The van der Waals surface area contributed by atoms with Gasteiger partial charge >= 0.3 is 6.09 Å². The fourth-order valence-corrected chi connectivity index (χ4v) is 8.58. The molecule has 5 aromatic rings. The molecule has 2 atom stereocenters. The Morgan fingerprint density at radius 3 is 1.89 bits per heavy atom. The quantitative estimate of drug-likeness (QED) is 0.124. The second-order valence-corrected chi connectivity index (χ2v) is 14.5. The molecule has 1 heterocycles. The molecule has 5 heteroatoms. The van der Waals surface area contributed by atoms with Crippen LogP contribution in [0.2, 0.25) is 0 Å². The number of ether oxygens (including phenoxy) is 1. The van der Waals surface area contributed by atoms with E-state index in [-0.39, 0.29) is 17.4 Å². The number of likely N-dealkylation sites (tertiary alicyclic amines) is 1. The second kappa shape index (κ2) is 14.1. The standard InChI is InChI=1S/C41H44N2O2S/c1-40(2,3)45-39(44)43-29-27-38(37(43)30-42-28-26-32-18-15-17-31-16-13-14-25-36(31)32)46-41(33-19-7-4-8-20-33,34-21-9-5-10-22-34)35-23-11-6-12-24-35/h4-25,37-38,42H,26-30H2,1-3H3/t37-,38+/m0/s1. The number of amides is 1. The molecule has 4 nitrogen and oxygen atoms in total. The molecular formula is C41H44N2O2S. The van der Waals surface area contributed by atoms with Crippen LogP contribution in [-0.4, -0.2) is 47.5 Å². The van der Waals surface area contributed by atoms with Crippen molar-refractivity contribution < 1.29 is 9.53 Å². The lowest BCUT2D eigenvalue weighted by Gasteiger charge is -2.39. The van der Waals surface area contributed by atoms with Gasteiger partial charge in [0, 0.05) is 18.3 Å². The van der Waals surface area contributed by atoms with Gasteiger partial charge in [0.1, 0.15) is 5.60 Å². The highest BCUT2D eigenvalue weighted by atomic mass is 32.2. The van der Waals surface area contributed by atoms with Crippen molar-refractivity contribution >= 4 is 28.6 Å². The summed E-state index contributed by atoms with van der Waals surface area (Å²) >= 11 is 1.97. The van der Waals surface area contributed by atoms with Gasteiger partial charge in [0.05, 0.1) is 10.8 Å². The summed E-state index contributed by atoms with van der Waals surface area (Å²) in [4.78, 5) is 15.6.